The molecule has 0 aromatic carbocycles. The van der Waals surface area contributed by atoms with Gasteiger partial charge in [0.25, 0.3) is 0 Å². The largest absolute Gasteiger partial charge is 0.376 e. The second-order valence-electron chi connectivity index (χ2n) is 8.52. The van der Waals surface area contributed by atoms with Crippen LogP contribution >= 0.6 is 0 Å². The van der Waals surface area contributed by atoms with E-state index in [9.17, 15) is 9.59 Å². The summed E-state index contributed by atoms with van der Waals surface area (Å²) in [4.78, 5) is 26.8. The summed E-state index contributed by atoms with van der Waals surface area (Å²) < 4.78 is 11.6. The molecule has 0 bridgehead atoms. The van der Waals surface area contributed by atoms with Gasteiger partial charge in [-0.3, -0.25) is 9.59 Å². The van der Waals surface area contributed by atoms with E-state index < -0.39 is 0 Å². The van der Waals surface area contributed by atoms with Gasteiger partial charge >= 0.3 is 0 Å². The zero-order valence-corrected chi connectivity index (χ0v) is 16.2. The van der Waals surface area contributed by atoms with Gasteiger partial charge in [0.2, 0.25) is 11.8 Å². The first kappa shape index (κ1) is 19.6. The van der Waals surface area contributed by atoms with Gasteiger partial charge in [-0.05, 0) is 44.4 Å². The standard InChI is InChI=1S/C20H34N2O4/c1-14(2)10-16-11-15(12-19(23)21-16)20(24)22-7-5-17(6-8-22)26-13-18-4-3-9-25-18/h14-18H,3-13H2,1-2H3,(H,21,23)/t15-,16+,18+/m0/s1. The Morgan fingerprint density at radius 3 is 2.73 bits per heavy atom. The summed E-state index contributed by atoms with van der Waals surface area (Å²) in [5.41, 5.74) is 0. The zero-order chi connectivity index (χ0) is 18.5. The van der Waals surface area contributed by atoms with Crippen LogP contribution < -0.4 is 5.32 Å². The highest BCUT2D eigenvalue weighted by atomic mass is 16.5. The maximum Gasteiger partial charge on any atom is 0.226 e. The molecule has 3 aliphatic rings. The lowest BCUT2D eigenvalue weighted by Crippen LogP contribution is -2.50. The average molecular weight is 367 g/mol. The number of nitrogens with zero attached hydrogens (tertiary/aromatic N) is 1. The van der Waals surface area contributed by atoms with E-state index in [1.54, 1.807) is 0 Å². The van der Waals surface area contributed by atoms with E-state index in [0.29, 0.717) is 18.9 Å². The van der Waals surface area contributed by atoms with Gasteiger partial charge in [-0.25, -0.2) is 0 Å². The molecule has 0 spiro atoms. The minimum absolute atomic E-state index is 0.0232. The number of likely N-dealkylation sites (tertiary alicyclic amines) is 1. The van der Waals surface area contributed by atoms with Crippen molar-refractivity contribution in [1.82, 2.24) is 10.2 Å². The van der Waals surface area contributed by atoms with Crippen LogP contribution in [0.2, 0.25) is 0 Å². The highest BCUT2D eigenvalue weighted by Crippen LogP contribution is 2.25. The summed E-state index contributed by atoms with van der Waals surface area (Å²) in [5.74, 6) is 0.545. The molecule has 0 aromatic heterocycles. The quantitative estimate of drug-likeness (QED) is 0.782. The van der Waals surface area contributed by atoms with Gasteiger partial charge in [-0.1, -0.05) is 13.8 Å². The van der Waals surface area contributed by atoms with E-state index in [1.165, 1.54) is 0 Å². The lowest BCUT2D eigenvalue weighted by Gasteiger charge is -2.37. The number of hydrogen-bond acceptors (Lipinski definition) is 4. The van der Waals surface area contributed by atoms with Crippen LogP contribution in [-0.4, -0.2) is 61.3 Å². The van der Waals surface area contributed by atoms with Crippen molar-refractivity contribution in [3.05, 3.63) is 0 Å². The molecule has 0 aliphatic carbocycles. The van der Waals surface area contributed by atoms with Gasteiger partial charge in [-0.15, -0.1) is 0 Å². The third kappa shape index (κ3) is 5.43. The van der Waals surface area contributed by atoms with Crippen LogP contribution in [0.1, 0.15) is 58.8 Å². The fourth-order valence-electron chi connectivity index (χ4n) is 4.43. The molecule has 1 N–H and O–H groups in total. The molecule has 0 aromatic rings. The molecule has 26 heavy (non-hydrogen) atoms. The highest BCUT2D eigenvalue weighted by Gasteiger charge is 2.35. The van der Waals surface area contributed by atoms with Crippen molar-refractivity contribution < 1.29 is 19.1 Å². The third-order valence-corrected chi connectivity index (χ3v) is 5.77. The number of ether oxygens (including phenoxy) is 2. The number of nitrogens with one attached hydrogen (secondary N) is 1. The lowest BCUT2D eigenvalue weighted by atomic mass is 9.86. The number of piperidine rings is 2. The molecule has 0 radical (unpaired) electrons. The first-order chi connectivity index (χ1) is 12.5. The molecule has 3 aliphatic heterocycles. The lowest BCUT2D eigenvalue weighted by molar-refractivity contribution is -0.143. The molecule has 3 saturated heterocycles. The highest BCUT2D eigenvalue weighted by molar-refractivity contribution is 5.87. The Morgan fingerprint density at radius 2 is 2.08 bits per heavy atom. The molecule has 6 nitrogen and oxygen atoms in total. The van der Waals surface area contributed by atoms with E-state index in [2.05, 4.69) is 19.2 Å². The van der Waals surface area contributed by atoms with Crippen molar-refractivity contribution in [2.24, 2.45) is 11.8 Å². The molecule has 3 atom stereocenters. The molecule has 2 amide bonds. The summed E-state index contributed by atoms with van der Waals surface area (Å²) in [6.07, 6.45) is 6.53. The van der Waals surface area contributed by atoms with Gasteiger partial charge in [0.15, 0.2) is 0 Å². The van der Waals surface area contributed by atoms with Gasteiger partial charge in [-0.2, -0.15) is 0 Å². The van der Waals surface area contributed by atoms with Crippen LogP contribution in [0.15, 0.2) is 0 Å². The fourth-order valence-corrected chi connectivity index (χ4v) is 4.43. The number of carbonyl (C=O) groups is 2. The van der Waals surface area contributed by atoms with Crippen molar-refractivity contribution in [3.8, 4) is 0 Å². The van der Waals surface area contributed by atoms with Gasteiger partial charge in [0.05, 0.1) is 18.8 Å². The average Bonchev–Trinajstić information content (AvgIpc) is 3.12. The molecule has 0 saturated carbocycles. The van der Waals surface area contributed by atoms with Crippen LogP contribution in [0.3, 0.4) is 0 Å². The molecule has 6 heteroatoms. The SMILES string of the molecule is CC(C)C[C@@H]1C[C@H](C(=O)N2CCC(OC[C@H]3CCCO3)CC2)CC(=O)N1. The molecule has 148 valence electrons. The second kappa shape index (κ2) is 9.18. The van der Waals surface area contributed by atoms with Crippen molar-refractivity contribution in [1.29, 1.82) is 0 Å². The van der Waals surface area contributed by atoms with E-state index in [1.807, 2.05) is 4.90 Å². The van der Waals surface area contributed by atoms with Crippen LogP contribution in [0.25, 0.3) is 0 Å². The summed E-state index contributed by atoms with van der Waals surface area (Å²) in [5, 5.41) is 3.04. The third-order valence-electron chi connectivity index (χ3n) is 5.77. The molecule has 3 fully saturated rings. The van der Waals surface area contributed by atoms with Crippen LogP contribution in [0, 0.1) is 11.8 Å². The molecule has 3 rings (SSSR count). The Morgan fingerprint density at radius 1 is 1.31 bits per heavy atom. The summed E-state index contributed by atoms with van der Waals surface area (Å²) in [6, 6.07) is 0.137. The van der Waals surface area contributed by atoms with Gasteiger partial charge < -0.3 is 19.7 Å². The van der Waals surface area contributed by atoms with E-state index in [4.69, 9.17) is 9.47 Å². The van der Waals surface area contributed by atoms with Gasteiger partial charge in [0, 0.05) is 38.1 Å². The maximum absolute atomic E-state index is 12.9. The Bertz CT molecular complexity index is 482. The number of amides is 2. The Balaban J connectivity index is 1.42. The van der Waals surface area contributed by atoms with Crippen LogP contribution in [0.4, 0.5) is 0 Å². The van der Waals surface area contributed by atoms with Gasteiger partial charge in [0.1, 0.15) is 0 Å². The molecule has 3 heterocycles. The fraction of sp³-hybridized carbons (Fsp3) is 0.900. The first-order valence-corrected chi connectivity index (χ1v) is 10.3. The van der Waals surface area contributed by atoms with Crippen LogP contribution in [-0.2, 0) is 19.1 Å². The summed E-state index contributed by atoms with van der Waals surface area (Å²) >= 11 is 0. The molecule has 0 unspecified atom stereocenters. The second-order valence-corrected chi connectivity index (χ2v) is 8.52. The molecular weight excluding hydrogens is 332 g/mol. The predicted molar refractivity (Wildman–Crippen MR) is 98.6 cm³/mol. The summed E-state index contributed by atoms with van der Waals surface area (Å²) in [7, 11) is 0. The molecular formula is C20H34N2O4. The van der Waals surface area contributed by atoms with Crippen molar-refractivity contribution in [2.75, 3.05) is 26.3 Å². The monoisotopic (exact) mass is 366 g/mol. The van der Waals surface area contributed by atoms with E-state index in [-0.39, 0.29) is 36.0 Å². The topological polar surface area (TPSA) is 67.9 Å². The van der Waals surface area contributed by atoms with Crippen molar-refractivity contribution in [3.63, 3.8) is 0 Å². The summed E-state index contributed by atoms with van der Waals surface area (Å²) in [6.45, 7) is 7.31. The van der Waals surface area contributed by atoms with E-state index in [0.717, 1.165) is 58.2 Å². The maximum atomic E-state index is 12.9. The Labute approximate surface area is 157 Å². The first-order valence-electron chi connectivity index (χ1n) is 10.3. The Hall–Kier alpha value is -1.14. The van der Waals surface area contributed by atoms with Crippen LogP contribution in [0.5, 0.6) is 0 Å². The number of hydrogen-bond donors (Lipinski definition) is 1. The predicted octanol–water partition coefficient (Wildman–Crippen LogP) is 2.11. The zero-order valence-electron chi connectivity index (χ0n) is 16.2. The number of rotatable bonds is 6. The smallest absolute Gasteiger partial charge is 0.226 e. The van der Waals surface area contributed by atoms with E-state index >= 15 is 0 Å². The van der Waals surface area contributed by atoms with Crippen molar-refractivity contribution >= 4 is 11.8 Å². The Kier molecular flexibility index (Phi) is 6.92. The minimum atomic E-state index is -0.156. The minimum Gasteiger partial charge on any atom is -0.376 e. The van der Waals surface area contributed by atoms with Crippen molar-refractivity contribution in [2.45, 2.75) is 77.0 Å². The normalized spacial score (nSPS) is 30.7. The number of carbonyl (C=O) groups excluding carboxylic acids is 2.